The van der Waals surface area contributed by atoms with Crippen LogP contribution in [0.3, 0.4) is 0 Å². The Labute approximate surface area is 59.4 Å². The van der Waals surface area contributed by atoms with Crippen LogP contribution in [0.1, 0.15) is 0 Å². The van der Waals surface area contributed by atoms with Crippen LogP contribution >= 0.6 is 0 Å². The van der Waals surface area contributed by atoms with Crippen LogP contribution in [0.15, 0.2) is 12.7 Å². The van der Waals surface area contributed by atoms with Crippen molar-refractivity contribution in [3.63, 3.8) is 0 Å². The van der Waals surface area contributed by atoms with E-state index in [1.54, 1.807) is 0 Å². The molecule has 35 valence electrons. The first-order valence-electron chi connectivity index (χ1n) is 1.06. The Kier molecular flexibility index (Phi) is 9.17. The minimum atomic E-state index is -0.356. The molecule has 0 heterocycles. The molecule has 0 N–H and O–H groups in total. The maximum Gasteiger partial charge on any atom is 0 e. The minimum Gasteiger partial charge on any atom is 0 e. The van der Waals surface area contributed by atoms with Gasteiger partial charge >= 0.3 is 37.7 Å². The summed E-state index contributed by atoms with van der Waals surface area (Å²) in [6.45, 7) is 3.12. The van der Waals surface area contributed by atoms with Crippen molar-refractivity contribution >= 4 is 4.75 Å². The summed E-state index contributed by atoms with van der Waals surface area (Å²) in [5.74, 6) is 0. The Bertz CT molecular complexity index is 61.8. The maximum absolute atomic E-state index is 9.53. The number of carbonyl (C=O) groups excluding carboxylic acids is 1. The topological polar surface area (TPSA) is 17.1 Å². The van der Waals surface area contributed by atoms with Gasteiger partial charge in [-0.1, -0.05) is 0 Å². The van der Waals surface area contributed by atoms with E-state index in [9.17, 15) is 4.79 Å². The van der Waals surface area contributed by atoms with Crippen LogP contribution in [0.2, 0.25) is 0 Å². The zero-order chi connectivity index (χ0) is 4.28. The van der Waals surface area contributed by atoms with E-state index in [0.717, 1.165) is 6.08 Å². The van der Waals surface area contributed by atoms with E-state index in [1.165, 1.54) is 0 Å². The van der Waals surface area contributed by atoms with Crippen LogP contribution in [-0.4, -0.2) is 4.75 Å². The molecule has 3 heteroatoms. The second kappa shape index (κ2) is 5.62. The smallest absolute Gasteiger partial charge is 0 e. The van der Waals surface area contributed by atoms with E-state index >= 15 is 0 Å². The van der Waals surface area contributed by atoms with Gasteiger partial charge in [-0.05, 0) is 0 Å². The van der Waals surface area contributed by atoms with Crippen molar-refractivity contribution < 1.29 is 42.0 Å². The van der Waals surface area contributed by atoms with Crippen molar-refractivity contribution in [3.05, 3.63) is 12.7 Å². The quantitative estimate of drug-likeness (QED) is 0.398. The third-order valence-corrected chi connectivity index (χ3v) is 0.349. The minimum absolute atomic E-state index is 0. The molecule has 1 nitrogen and oxygen atoms in total. The van der Waals surface area contributed by atoms with Gasteiger partial charge in [0.15, 0.2) is 0 Å². The SMILES string of the molecule is C=C[C](=O)[Ni].[Ti]. The van der Waals surface area contributed by atoms with Crippen LogP contribution in [0.5, 0.6) is 0 Å². The van der Waals surface area contributed by atoms with E-state index < -0.39 is 0 Å². The third-order valence-electron chi connectivity index (χ3n) is 0.148. The predicted molar refractivity (Wildman–Crippen MR) is 15.2 cm³/mol. The summed E-state index contributed by atoms with van der Waals surface area (Å²) in [6.07, 6.45) is 1.11. The van der Waals surface area contributed by atoms with Gasteiger partial charge in [0, 0.05) is 21.7 Å². The van der Waals surface area contributed by atoms with Crippen molar-refractivity contribution in [1.82, 2.24) is 0 Å². The Morgan fingerprint density at radius 3 is 2.00 bits per heavy atom. The molecule has 0 radical (unpaired) electrons. The van der Waals surface area contributed by atoms with E-state index in [-0.39, 0.29) is 26.5 Å². The fourth-order valence-corrected chi connectivity index (χ4v) is 0. The van der Waals surface area contributed by atoms with E-state index in [1.807, 2.05) is 0 Å². The molecule has 0 saturated carbocycles. The van der Waals surface area contributed by atoms with Gasteiger partial charge in [-0.15, -0.1) is 0 Å². The average Bonchev–Trinajstić information content (AvgIpc) is 1.38. The van der Waals surface area contributed by atoms with Gasteiger partial charge in [0.1, 0.15) is 0 Å². The Morgan fingerprint density at radius 2 is 2.00 bits per heavy atom. The third kappa shape index (κ3) is 8.82. The molecule has 0 aromatic rings. The average molecular weight is 162 g/mol. The molecule has 0 aliphatic carbocycles. The van der Waals surface area contributed by atoms with Crippen LogP contribution in [0.4, 0.5) is 0 Å². The molecule has 0 fully saturated rings. The summed E-state index contributed by atoms with van der Waals surface area (Å²) in [7, 11) is 0. The van der Waals surface area contributed by atoms with Crippen molar-refractivity contribution in [2.75, 3.05) is 0 Å². The van der Waals surface area contributed by atoms with Gasteiger partial charge in [-0.25, -0.2) is 0 Å². The largest absolute Gasteiger partial charge is 0 e. The van der Waals surface area contributed by atoms with Gasteiger partial charge in [0.05, 0.1) is 0 Å². The van der Waals surface area contributed by atoms with Crippen molar-refractivity contribution in [3.8, 4) is 0 Å². The summed E-state index contributed by atoms with van der Waals surface area (Å²) < 4.78 is -0.356. The van der Waals surface area contributed by atoms with Crippen LogP contribution in [0.25, 0.3) is 0 Å². The zero-order valence-electron chi connectivity index (χ0n) is 3.01. The predicted octanol–water partition coefficient (Wildman–Crippen LogP) is 0.243. The summed E-state index contributed by atoms with van der Waals surface area (Å²) in [5, 5.41) is 0. The van der Waals surface area contributed by atoms with Gasteiger partial charge in [0.25, 0.3) is 0 Å². The number of rotatable bonds is 1. The van der Waals surface area contributed by atoms with Gasteiger partial charge in [-0.2, -0.15) is 0 Å². The molecule has 0 atom stereocenters. The molecule has 0 aliphatic heterocycles. The van der Waals surface area contributed by atoms with Crippen molar-refractivity contribution in [1.29, 1.82) is 0 Å². The van der Waals surface area contributed by atoms with E-state index in [4.69, 9.17) is 0 Å². The maximum atomic E-state index is 9.53. The summed E-state index contributed by atoms with van der Waals surface area (Å²) >= 11 is 3.77. The first-order valence-corrected chi connectivity index (χ1v) is 1.55. The summed E-state index contributed by atoms with van der Waals surface area (Å²) in [4.78, 5) is 9.53. The number of carbonyl (C=O) groups is 1. The molecule has 0 spiro atoms. The molecule has 0 saturated heterocycles. The molecular weight excluding hydrogens is 159 g/mol. The normalized spacial score (nSPS) is 5.67. The second-order valence-corrected chi connectivity index (χ2v) is 0.965. The Balaban J connectivity index is 0. The fourth-order valence-electron chi connectivity index (χ4n) is 0. The van der Waals surface area contributed by atoms with Gasteiger partial charge in [0.2, 0.25) is 0 Å². The summed E-state index contributed by atoms with van der Waals surface area (Å²) in [5.41, 5.74) is 0. The Hall–Kier alpha value is 0.618. The Morgan fingerprint density at radius 1 is 1.83 bits per heavy atom. The molecular formula is C3H3NiOTi. The fraction of sp³-hybridized carbons (Fsp3) is 0. The summed E-state index contributed by atoms with van der Waals surface area (Å²) in [6, 6.07) is 0. The molecule has 0 unspecified atom stereocenters. The van der Waals surface area contributed by atoms with Crippen LogP contribution in [0, 0.1) is 0 Å². The van der Waals surface area contributed by atoms with Crippen molar-refractivity contribution in [2.45, 2.75) is 0 Å². The van der Waals surface area contributed by atoms with E-state index in [0.29, 0.717) is 0 Å². The standard InChI is InChI=1S/C3H3O.Ni.Ti/c1-2-3-4;;/h2H,1H2;;. The first-order chi connectivity index (χ1) is 2.27. The molecule has 6 heavy (non-hydrogen) atoms. The molecule has 0 rings (SSSR count). The monoisotopic (exact) mass is 161 g/mol. The number of allylic oxidation sites excluding steroid dienone is 1. The van der Waals surface area contributed by atoms with E-state index in [2.05, 4.69) is 22.0 Å². The van der Waals surface area contributed by atoms with Crippen LogP contribution < -0.4 is 0 Å². The van der Waals surface area contributed by atoms with Crippen molar-refractivity contribution in [2.24, 2.45) is 0 Å². The number of hydrogen-bond donors (Lipinski definition) is 0. The van der Waals surface area contributed by atoms with Gasteiger partial charge < -0.3 is 0 Å². The molecule has 0 aromatic carbocycles. The van der Waals surface area contributed by atoms with Crippen LogP contribution in [-0.2, 0) is 42.0 Å². The molecule has 0 bridgehead atoms. The molecule has 0 aliphatic rings. The molecule has 0 aromatic heterocycles. The second-order valence-electron chi connectivity index (χ2n) is 0.478. The van der Waals surface area contributed by atoms with Gasteiger partial charge in [-0.3, -0.25) is 0 Å². The first kappa shape index (κ1) is 9.79. The number of hydrogen-bond acceptors (Lipinski definition) is 1. The molecule has 0 amide bonds. The zero-order valence-corrected chi connectivity index (χ0v) is 5.56.